The van der Waals surface area contributed by atoms with Gasteiger partial charge in [0, 0.05) is 16.3 Å². The number of aromatic nitrogens is 2. The van der Waals surface area contributed by atoms with Crippen molar-refractivity contribution in [3.05, 3.63) is 141 Å². The quantitative estimate of drug-likeness (QED) is 0.0562. The number of amides is 1. The van der Waals surface area contributed by atoms with Crippen LogP contribution in [0.2, 0.25) is 5.02 Å². The summed E-state index contributed by atoms with van der Waals surface area (Å²) in [6.07, 6.45) is 0. The number of rotatable bonds is 9. The molecule has 5 aromatic rings. The van der Waals surface area contributed by atoms with Gasteiger partial charge in [-0.2, -0.15) is 0 Å². The third-order valence-electron chi connectivity index (χ3n) is 7.41. The second-order valence-electron chi connectivity index (χ2n) is 10.6. The number of hydrogen-bond donors (Lipinski definition) is 1. The van der Waals surface area contributed by atoms with Crippen LogP contribution in [0.15, 0.2) is 107 Å². The third-order valence-corrected chi connectivity index (χ3v) is 9.79. The molecule has 1 atom stereocenters. The van der Waals surface area contributed by atoms with Gasteiger partial charge >= 0.3 is 5.91 Å². The number of carbonyl (C=O) groups excluding carboxylic acids is 2. The standard InChI is InChI=1S/C35H28ClN3O4S2/c1-21-8-9-22(2)28(18-21)31(40)29-30(25-12-16-27(17-13-25)43-19-23-6-4-3-5-7-23)39(33(42)32(29)41)34-37-38-35(45-34)44-20-24-10-14-26(36)15-11-24/h3-18,30,40H,19-20H2,1-2H3/b31-29+. The number of thioether (sulfide) groups is 1. The van der Waals surface area contributed by atoms with E-state index in [0.717, 1.165) is 22.3 Å². The number of ether oxygens (including phenoxy) is 1. The number of halogens is 1. The van der Waals surface area contributed by atoms with Crippen molar-refractivity contribution < 1.29 is 19.4 Å². The van der Waals surface area contributed by atoms with Crippen molar-refractivity contribution in [2.45, 2.75) is 36.6 Å². The van der Waals surface area contributed by atoms with Crippen molar-refractivity contribution in [1.82, 2.24) is 10.2 Å². The van der Waals surface area contributed by atoms with Crippen molar-refractivity contribution in [2.24, 2.45) is 0 Å². The number of aliphatic hydroxyl groups excluding tert-OH is 1. The van der Waals surface area contributed by atoms with Crippen LogP contribution in [-0.2, 0) is 21.9 Å². The summed E-state index contributed by atoms with van der Waals surface area (Å²) in [5.41, 5.74) is 4.91. The molecule has 0 bridgehead atoms. The van der Waals surface area contributed by atoms with Crippen LogP contribution in [0.25, 0.3) is 5.76 Å². The lowest BCUT2D eigenvalue weighted by atomic mass is 9.93. The number of ketones is 1. The normalized spacial score (nSPS) is 15.9. The second kappa shape index (κ2) is 13.3. The van der Waals surface area contributed by atoms with Crippen LogP contribution in [0.5, 0.6) is 5.75 Å². The van der Waals surface area contributed by atoms with Crippen LogP contribution in [0.4, 0.5) is 5.13 Å². The van der Waals surface area contributed by atoms with Gasteiger partial charge in [0.25, 0.3) is 5.78 Å². The summed E-state index contributed by atoms with van der Waals surface area (Å²) in [5, 5.41) is 21.2. The molecule has 7 nitrogen and oxygen atoms in total. The Hall–Kier alpha value is -4.44. The molecule has 45 heavy (non-hydrogen) atoms. The lowest BCUT2D eigenvalue weighted by Crippen LogP contribution is -2.29. The van der Waals surface area contributed by atoms with E-state index in [1.807, 2.05) is 86.6 Å². The van der Waals surface area contributed by atoms with E-state index in [2.05, 4.69) is 10.2 Å². The first-order chi connectivity index (χ1) is 21.8. The first-order valence-electron chi connectivity index (χ1n) is 14.1. The van der Waals surface area contributed by atoms with Gasteiger partial charge in [-0.15, -0.1) is 10.2 Å². The van der Waals surface area contributed by atoms with Crippen LogP contribution in [0, 0.1) is 13.8 Å². The number of carbonyl (C=O) groups is 2. The van der Waals surface area contributed by atoms with Crippen molar-refractivity contribution in [3.63, 3.8) is 0 Å². The predicted octanol–water partition coefficient (Wildman–Crippen LogP) is 8.31. The summed E-state index contributed by atoms with van der Waals surface area (Å²) in [7, 11) is 0. The van der Waals surface area contributed by atoms with Crippen molar-refractivity contribution >= 4 is 57.3 Å². The topological polar surface area (TPSA) is 92.6 Å². The second-order valence-corrected chi connectivity index (χ2v) is 13.2. The van der Waals surface area contributed by atoms with E-state index in [-0.39, 0.29) is 16.5 Å². The van der Waals surface area contributed by atoms with Crippen LogP contribution < -0.4 is 9.64 Å². The average molecular weight is 654 g/mol. The van der Waals surface area contributed by atoms with E-state index in [1.54, 1.807) is 24.3 Å². The van der Waals surface area contributed by atoms with Crippen LogP contribution in [-0.4, -0.2) is 27.0 Å². The molecule has 1 saturated heterocycles. The molecule has 4 aromatic carbocycles. The Balaban J connectivity index is 1.35. The highest BCUT2D eigenvalue weighted by atomic mass is 35.5. The molecule has 1 N–H and O–H groups in total. The number of aryl methyl sites for hydroxylation is 2. The maximum Gasteiger partial charge on any atom is 0.301 e. The summed E-state index contributed by atoms with van der Waals surface area (Å²) in [5.74, 6) is -0.528. The lowest BCUT2D eigenvalue weighted by molar-refractivity contribution is -0.132. The van der Waals surface area contributed by atoms with Crippen LogP contribution in [0.3, 0.4) is 0 Å². The molecule has 1 amide bonds. The number of benzene rings is 4. The van der Waals surface area contributed by atoms with E-state index >= 15 is 0 Å². The van der Waals surface area contributed by atoms with E-state index in [9.17, 15) is 14.7 Å². The zero-order chi connectivity index (χ0) is 31.5. The van der Waals surface area contributed by atoms with Gasteiger partial charge < -0.3 is 9.84 Å². The Morgan fingerprint density at radius 3 is 2.40 bits per heavy atom. The molecule has 1 aromatic heterocycles. The molecule has 1 aliphatic rings. The Morgan fingerprint density at radius 2 is 1.67 bits per heavy atom. The summed E-state index contributed by atoms with van der Waals surface area (Å²) in [6.45, 7) is 4.16. The Morgan fingerprint density at radius 1 is 0.933 bits per heavy atom. The lowest BCUT2D eigenvalue weighted by Gasteiger charge is -2.23. The van der Waals surface area contributed by atoms with Gasteiger partial charge in [-0.3, -0.25) is 14.5 Å². The number of hydrogen-bond acceptors (Lipinski definition) is 8. The molecule has 1 fully saturated rings. The van der Waals surface area contributed by atoms with Gasteiger partial charge in [0.15, 0.2) is 4.34 Å². The van der Waals surface area contributed by atoms with Crippen molar-refractivity contribution in [3.8, 4) is 5.75 Å². The number of Topliss-reactive ketones (excluding diaryl/α,β-unsaturated/α-hetero) is 1. The smallest absolute Gasteiger partial charge is 0.301 e. The summed E-state index contributed by atoms with van der Waals surface area (Å²) in [4.78, 5) is 28.7. The van der Waals surface area contributed by atoms with Crippen molar-refractivity contribution in [1.29, 1.82) is 0 Å². The molecule has 0 saturated carbocycles. The highest BCUT2D eigenvalue weighted by Gasteiger charge is 2.48. The van der Waals surface area contributed by atoms with E-state index < -0.39 is 17.7 Å². The number of nitrogens with zero attached hydrogens (tertiary/aromatic N) is 3. The first kappa shape index (κ1) is 30.6. The predicted molar refractivity (Wildman–Crippen MR) is 179 cm³/mol. The molecule has 0 aliphatic carbocycles. The molecule has 1 unspecified atom stereocenters. The minimum absolute atomic E-state index is 0.00257. The zero-order valence-corrected chi connectivity index (χ0v) is 26.8. The Labute approximate surface area is 274 Å². The van der Waals surface area contributed by atoms with E-state index in [4.69, 9.17) is 16.3 Å². The van der Waals surface area contributed by atoms with Gasteiger partial charge in [-0.1, -0.05) is 107 Å². The van der Waals surface area contributed by atoms with Gasteiger partial charge in [0.05, 0.1) is 11.6 Å². The molecular formula is C35H28ClN3O4S2. The summed E-state index contributed by atoms with van der Waals surface area (Å²) >= 11 is 8.70. The molecule has 0 spiro atoms. The SMILES string of the molecule is Cc1ccc(C)c(/C(O)=C2\C(=O)C(=O)N(c3nnc(SCc4ccc(Cl)cc4)s3)C2c2ccc(OCc3ccccc3)cc2)c1. The van der Waals surface area contributed by atoms with Crippen LogP contribution in [0.1, 0.15) is 39.4 Å². The summed E-state index contributed by atoms with van der Waals surface area (Å²) < 4.78 is 6.61. The van der Waals surface area contributed by atoms with Crippen molar-refractivity contribution in [2.75, 3.05) is 4.90 Å². The van der Waals surface area contributed by atoms with Gasteiger partial charge in [-0.05, 0) is 66.4 Å². The van der Waals surface area contributed by atoms with Crippen LogP contribution >= 0.6 is 34.7 Å². The maximum atomic E-state index is 13.7. The Bertz CT molecular complexity index is 1890. The van der Waals surface area contributed by atoms with Gasteiger partial charge in [0.1, 0.15) is 18.1 Å². The van der Waals surface area contributed by atoms with Gasteiger partial charge in [0.2, 0.25) is 5.13 Å². The fraction of sp³-hybridized carbons (Fsp3) is 0.143. The number of aliphatic hydroxyl groups is 1. The average Bonchev–Trinajstić information content (AvgIpc) is 3.63. The largest absolute Gasteiger partial charge is 0.507 e. The maximum absolute atomic E-state index is 13.7. The van der Waals surface area contributed by atoms with E-state index in [0.29, 0.717) is 38.6 Å². The minimum atomic E-state index is -0.921. The fourth-order valence-corrected chi connectivity index (χ4v) is 7.00. The monoisotopic (exact) mass is 653 g/mol. The fourth-order valence-electron chi connectivity index (χ4n) is 5.05. The highest BCUT2D eigenvalue weighted by Crippen LogP contribution is 2.44. The molecular weight excluding hydrogens is 626 g/mol. The zero-order valence-electron chi connectivity index (χ0n) is 24.4. The molecule has 0 radical (unpaired) electrons. The van der Waals surface area contributed by atoms with E-state index in [1.165, 1.54) is 28.0 Å². The summed E-state index contributed by atoms with van der Waals surface area (Å²) in [6, 6.07) is 29.3. The molecule has 1 aliphatic heterocycles. The highest BCUT2D eigenvalue weighted by molar-refractivity contribution is 8.00. The minimum Gasteiger partial charge on any atom is -0.507 e. The number of anilines is 1. The molecule has 10 heteroatoms. The third kappa shape index (κ3) is 6.66. The molecule has 226 valence electrons. The molecule has 2 heterocycles. The van der Waals surface area contributed by atoms with Gasteiger partial charge in [-0.25, -0.2) is 0 Å². The Kier molecular flexibility index (Phi) is 9.02. The first-order valence-corrected chi connectivity index (χ1v) is 16.3. The molecule has 6 rings (SSSR count).